The second-order valence-electron chi connectivity index (χ2n) is 13.2. The molecule has 10 atom stereocenters. The number of carbonyl (C=O) groups excluding carboxylic acids is 3. The van der Waals surface area contributed by atoms with Gasteiger partial charge >= 0.3 is 12.1 Å². The quantitative estimate of drug-likeness (QED) is 0.391. The van der Waals surface area contributed by atoms with Crippen molar-refractivity contribution in [3.8, 4) is 0 Å². The fourth-order valence-corrected chi connectivity index (χ4v) is 9.50. The molecule has 10 heteroatoms. The van der Waals surface area contributed by atoms with Crippen LogP contribution in [0.1, 0.15) is 79.1 Å². The Kier molecular flexibility index (Phi) is 7.65. The van der Waals surface area contributed by atoms with E-state index in [1.54, 1.807) is 13.8 Å². The lowest BCUT2D eigenvalue weighted by molar-refractivity contribution is -0.235. The number of allylic oxidation sites excluding steroid dienone is 4. The van der Waals surface area contributed by atoms with E-state index >= 15 is 8.78 Å². The van der Waals surface area contributed by atoms with E-state index in [0.29, 0.717) is 6.42 Å². The fourth-order valence-electron chi connectivity index (χ4n) is 9.50. The standard InChI is InChI=1S/C31H41F3O7/c1-5-24(18-8-6-7-9-18)40-27(38)41-31(26(37)39-16-32)17(2)12-20-21-14-23(33)22-13-19(35)10-11-28(22,3)30(21,34)25(36)15-29(20,31)4/h10-11,13,17-18,20-21,23-25,36H,5-9,12,14-16H2,1-4H3/t17-,20+,21+,23+,24?,25+,28+,29+,30+,31?/m1/s1. The average Bonchev–Trinajstić information content (AvgIpc) is 3.52. The number of carbonyl (C=O) groups is 3. The first-order valence-electron chi connectivity index (χ1n) is 14.9. The highest BCUT2D eigenvalue weighted by Gasteiger charge is 2.79. The Bertz CT molecular complexity index is 1150. The van der Waals surface area contributed by atoms with Gasteiger partial charge in [-0.15, -0.1) is 0 Å². The number of hydrogen-bond donors (Lipinski definition) is 1. The molecule has 0 spiro atoms. The van der Waals surface area contributed by atoms with E-state index in [4.69, 9.17) is 14.2 Å². The van der Waals surface area contributed by atoms with Gasteiger partial charge in [0.1, 0.15) is 12.3 Å². The Morgan fingerprint density at radius 3 is 2.49 bits per heavy atom. The third-order valence-electron chi connectivity index (χ3n) is 11.5. The van der Waals surface area contributed by atoms with Crippen LogP contribution in [0.5, 0.6) is 0 Å². The Morgan fingerprint density at radius 2 is 1.85 bits per heavy atom. The average molecular weight is 583 g/mol. The number of ketones is 1. The summed E-state index contributed by atoms with van der Waals surface area (Å²) in [7, 11) is 0. The highest BCUT2D eigenvalue weighted by Crippen LogP contribution is 2.71. The minimum atomic E-state index is -2.38. The van der Waals surface area contributed by atoms with Gasteiger partial charge in [0.05, 0.1) is 6.10 Å². The molecule has 41 heavy (non-hydrogen) atoms. The molecule has 0 aliphatic heterocycles. The molecular formula is C31H41F3O7. The number of rotatable bonds is 6. The summed E-state index contributed by atoms with van der Waals surface area (Å²) in [5, 5.41) is 11.6. The van der Waals surface area contributed by atoms with Gasteiger partial charge in [0.25, 0.3) is 0 Å². The van der Waals surface area contributed by atoms with Crippen molar-refractivity contribution in [2.45, 2.75) is 109 Å². The Labute approximate surface area is 238 Å². The first kappa shape index (κ1) is 30.1. The van der Waals surface area contributed by atoms with E-state index in [1.807, 2.05) is 6.92 Å². The fraction of sp³-hybridized carbons (Fsp3) is 0.774. The predicted octanol–water partition coefficient (Wildman–Crippen LogP) is 5.88. The Balaban J connectivity index is 1.54. The number of ether oxygens (including phenoxy) is 3. The molecule has 5 rings (SSSR count). The molecule has 0 radical (unpaired) electrons. The van der Waals surface area contributed by atoms with Gasteiger partial charge in [-0.1, -0.05) is 39.7 Å². The molecule has 0 bridgehead atoms. The zero-order valence-corrected chi connectivity index (χ0v) is 24.2. The van der Waals surface area contributed by atoms with E-state index < -0.39 is 83.0 Å². The number of fused-ring (bicyclic) bond motifs is 5. The summed E-state index contributed by atoms with van der Waals surface area (Å²) in [6.45, 7) is 5.15. The number of hydrogen-bond acceptors (Lipinski definition) is 7. The molecule has 7 nitrogen and oxygen atoms in total. The van der Waals surface area contributed by atoms with Crippen LogP contribution >= 0.6 is 0 Å². The second kappa shape index (κ2) is 10.4. The second-order valence-corrected chi connectivity index (χ2v) is 13.2. The molecule has 0 aromatic carbocycles. The van der Waals surface area contributed by atoms with E-state index in [2.05, 4.69) is 0 Å². The van der Waals surface area contributed by atoms with Crippen molar-refractivity contribution in [3.05, 3.63) is 23.8 Å². The van der Waals surface area contributed by atoms with Crippen molar-refractivity contribution >= 4 is 17.9 Å². The van der Waals surface area contributed by atoms with Crippen molar-refractivity contribution in [1.29, 1.82) is 0 Å². The third-order valence-corrected chi connectivity index (χ3v) is 11.5. The van der Waals surface area contributed by atoms with Gasteiger partial charge < -0.3 is 19.3 Å². The van der Waals surface area contributed by atoms with Crippen LogP contribution in [-0.4, -0.2) is 59.5 Å². The normalized spacial score (nSPS) is 44.3. The van der Waals surface area contributed by atoms with Crippen LogP contribution in [0.3, 0.4) is 0 Å². The summed E-state index contributed by atoms with van der Waals surface area (Å²) in [6, 6.07) is 0. The van der Waals surface area contributed by atoms with Crippen LogP contribution in [0.2, 0.25) is 0 Å². The van der Waals surface area contributed by atoms with Crippen molar-refractivity contribution in [3.63, 3.8) is 0 Å². The molecule has 2 unspecified atom stereocenters. The summed E-state index contributed by atoms with van der Waals surface area (Å²) in [5.74, 6) is -4.05. The molecule has 1 N–H and O–H groups in total. The van der Waals surface area contributed by atoms with E-state index in [0.717, 1.165) is 31.8 Å². The largest absolute Gasteiger partial charge is 0.509 e. The molecule has 4 fully saturated rings. The summed E-state index contributed by atoms with van der Waals surface area (Å²) in [4.78, 5) is 39.1. The maximum atomic E-state index is 17.5. The predicted molar refractivity (Wildman–Crippen MR) is 142 cm³/mol. The lowest BCUT2D eigenvalue weighted by Gasteiger charge is -2.62. The van der Waals surface area contributed by atoms with Crippen molar-refractivity contribution < 1.29 is 46.9 Å². The molecule has 0 aromatic rings. The van der Waals surface area contributed by atoms with Gasteiger partial charge in [-0.2, -0.15) is 0 Å². The molecule has 5 aliphatic carbocycles. The number of aliphatic hydroxyl groups is 1. The topological polar surface area (TPSA) is 99.1 Å². The summed E-state index contributed by atoms with van der Waals surface area (Å²) < 4.78 is 63.2. The molecule has 0 saturated heterocycles. The van der Waals surface area contributed by atoms with Gasteiger partial charge in [-0.25, -0.2) is 22.8 Å². The number of halogens is 3. The molecule has 0 heterocycles. The first-order chi connectivity index (χ1) is 19.3. The maximum absolute atomic E-state index is 17.5. The SMILES string of the molecule is CCC(OC(=O)OC1(C(=O)OCF)[C@H](C)C[C@H]2[C@@H]3C[C@H](F)C4=CC(=O)C=C[C@]4(C)[C@@]3(F)[C@@H](O)C[C@@]21C)C1CCCC1. The number of alkyl halides is 3. The zero-order valence-electron chi connectivity index (χ0n) is 24.2. The molecule has 5 aliphatic rings. The first-order valence-corrected chi connectivity index (χ1v) is 14.9. The molecular weight excluding hydrogens is 541 g/mol. The van der Waals surface area contributed by atoms with Crippen LogP contribution in [0.4, 0.5) is 18.0 Å². The molecule has 0 aromatic heterocycles. The molecule has 228 valence electrons. The highest BCUT2D eigenvalue weighted by atomic mass is 19.1. The third kappa shape index (κ3) is 4.13. The smallest absolute Gasteiger partial charge is 0.431 e. The van der Waals surface area contributed by atoms with Gasteiger partial charge in [-0.05, 0) is 75.0 Å². The van der Waals surface area contributed by atoms with Gasteiger partial charge in [0.15, 0.2) is 11.5 Å². The Morgan fingerprint density at radius 1 is 1.17 bits per heavy atom. The van der Waals surface area contributed by atoms with Crippen LogP contribution in [0, 0.1) is 34.5 Å². The van der Waals surface area contributed by atoms with Gasteiger partial charge in [0.2, 0.25) is 12.5 Å². The summed E-state index contributed by atoms with van der Waals surface area (Å²) in [5.41, 5.74) is -7.53. The lowest BCUT2D eigenvalue weighted by atomic mass is 9.44. The van der Waals surface area contributed by atoms with Gasteiger partial charge in [0, 0.05) is 22.7 Å². The minimum Gasteiger partial charge on any atom is -0.431 e. The van der Waals surface area contributed by atoms with Gasteiger partial charge in [-0.3, -0.25) is 4.79 Å². The van der Waals surface area contributed by atoms with Crippen molar-refractivity contribution in [1.82, 2.24) is 0 Å². The van der Waals surface area contributed by atoms with E-state index in [9.17, 15) is 23.9 Å². The van der Waals surface area contributed by atoms with Crippen molar-refractivity contribution in [2.75, 3.05) is 6.86 Å². The summed E-state index contributed by atoms with van der Waals surface area (Å²) >= 11 is 0. The Hall–Kier alpha value is -2.36. The number of aliphatic hydroxyl groups excluding tert-OH is 1. The lowest BCUT2D eigenvalue weighted by Crippen LogP contribution is -2.71. The van der Waals surface area contributed by atoms with Crippen LogP contribution < -0.4 is 0 Å². The maximum Gasteiger partial charge on any atom is 0.509 e. The van der Waals surface area contributed by atoms with E-state index in [1.165, 1.54) is 19.1 Å². The summed E-state index contributed by atoms with van der Waals surface area (Å²) in [6.07, 6.45) is 2.60. The van der Waals surface area contributed by atoms with Crippen LogP contribution in [0.25, 0.3) is 0 Å². The molecule has 4 saturated carbocycles. The van der Waals surface area contributed by atoms with Crippen LogP contribution in [0.15, 0.2) is 23.8 Å². The monoisotopic (exact) mass is 582 g/mol. The minimum absolute atomic E-state index is 0.0158. The highest BCUT2D eigenvalue weighted by molar-refractivity contribution is 6.01. The van der Waals surface area contributed by atoms with Crippen LogP contribution in [-0.2, 0) is 23.8 Å². The number of esters is 1. The zero-order chi connectivity index (χ0) is 30.0. The van der Waals surface area contributed by atoms with Crippen molar-refractivity contribution in [2.24, 2.45) is 34.5 Å². The van der Waals surface area contributed by atoms with E-state index in [-0.39, 0.29) is 30.8 Å². The molecule has 0 amide bonds.